The zero-order chi connectivity index (χ0) is 13.4. The van der Waals surface area contributed by atoms with Crippen molar-refractivity contribution in [3.05, 3.63) is 70.1 Å². The minimum atomic E-state index is -0.420. The minimum absolute atomic E-state index is 0.170. The zero-order valence-corrected chi connectivity index (χ0v) is 10.3. The van der Waals surface area contributed by atoms with Crippen molar-refractivity contribution >= 4 is 11.0 Å². The van der Waals surface area contributed by atoms with Crippen LogP contribution in [-0.2, 0) is 0 Å². The van der Waals surface area contributed by atoms with Gasteiger partial charge in [0, 0.05) is 17.7 Å². The summed E-state index contributed by atoms with van der Waals surface area (Å²) in [6, 6.07) is 13.0. The Kier molecular flexibility index (Phi) is 2.67. The fourth-order valence-corrected chi connectivity index (χ4v) is 1.99. The van der Waals surface area contributed by atoms with Crippen LogP contribution in [0.25, 0.3) is 22.3 Å². The number of fused-ring (bicyclic) bond motifs is 1. The molecule has 0 unspecified atom stereocenters. The lowest BCUT2D eigenvalue weighted by molar-refractivity contribution is 0.599. The summed E-state index contributed by atoms with van der Waals surface area (Å²) in [6.45, 7) is 1.98. The molecule has 0 saturated heterocycles. The maximum atomic E-state index is 13.2. The topological polar surface area (TPSA) is 30.2 Å². The Balaban J connectivity index is 2.25. The standard InChI is InChI=1S/C16H11FO2/c1-10-2-4-11(5-3-10)15-9-14(18)13-7-6-12(17)8-16(13)19-15/h2-9H,1H3. The van der Waals surface area contributed by atoms with Gasteiger partial charge in [0.05, 0.1) is 5.39 Å². The molecule has 3 aromatic rings. The maximum Gasteiger partial charge on any atom is 0.193 e. The van der Waals surface area contributed by atoms with Crippen molar-refractivity contribution in [2.24, 2.45) is 0 Å². The summed E-state index contributed by atoms with van der Waals surface area (Å²) in [7, 11) is 0. The van der Waals surface area contributed by atoms with Crippen LogP contribution in [0.4, 0.5) is 4.39 Å². The summed E-state index contributed by atoms with van der Waals surface area (Å²) >= 11 is 0. The van der Waals surface area contributed by atoms with Crippen molar-refractivity contribution < 1.29 is 8.81 Å². The highest BCUT2D eigenvalue weighted by Crippen LogP contribution is 2.22. The number of aryl methyl sites for hydroxylation is 1. The Morgan fingerprint density at radius 1 is 1.00 bits per heavy atom. The van der Waals surface area contributed by atoms with E-state index in [0.29, 0.717) is 11.1 Å². The van der Waals surface area contributed by atoms with Gasteiger partial charge in [-0.3, -0.25) is 4.79 Å². The smallest absolute Gasteiger partial charge is 0.193 e. The lowest BCUT2D eigenvalue weighted by Crippen LogP contribution is -2.00. The fourth-order valence-electron chi connectivity index (χ4n) is 1.99. The predicted octanol–water partition coefficient (Wildman–Crippen LogP) is 3.91. The van der Waals surface area contributed by atoms with Crippen LogP contribution in [0, 0.1) is 12.7 Å². The maximum absolute atomic E-state index is 13.2. The average molecular weight is 254 g/mol. The molecule has 94 valence electrons. The Morgan fingerprint density at radius 3 is 2.47 bits per heavy atom. The Bertz CT molecular complexity index is 801. The summed E-state index contributed by atoms with van der Waals surface area (Å²) in [6.07, 6.45) is 0. The van der Waals surface area contributed by atoms with Crippen LogP contribution in [0.1, 0.15) is 5.56 Å². The van der Waals surface area contributed by atoms with Crippen molar-refractivity contribution in [1.29, 1.82) is 0 Å². The van der Waals surface area contributed by atoms with Crippen LogP contribution >= 0.6 is 0 Å². The molecule has 19 heavy (non-hydrogen) atoms. The predicted molar refractivity (Wildman–Crippen MR) is 72.6 cm³/mol. The summed E-state index contributed by atoms with van der Waals surface area (Å²) in [5.74, 6) is 0.0276. The van der Waals surface area contributed by atoms with Crippen LogP contribution in [0.3, 0.4) is 0 Å². The highest BCUT2D eigenvalue weighted by molar-refractivity contribution is 5.78. The summed E-state index contributed by atoms with van der Waals surface area (Å²) in [4.78, 5) is 12.0. The van der Waals surface area contributed by atoms with Crippen molar-refractivity contribution in [3.8, 4) is 11.3 Å². The number of hydrogen-bond donors (Lipinski definition) is 0. The molecule has 0 bridgehead atoms. The molecular weight excluding hydrogens is 243 g/mol. The molecule has 0 spiro atoms. The molecule has 2 aromatic carbocycles. The van der Waals surface area contributed by atoms with Crippen LogP contribution in [-0.4, -0.2) is 0 Å². The first-order valence-corrected chi connectivity index (χ1v) is 5.94. The lowest BCUT2D eigenvalue weighted by atomic mass is 10.1. The first kappa shape index (κ1) is 11.7. The van der Waals surface area contributed by atoms with E-state index >= 15 is 0 Å². The van der Waals surface area contributed by atoms with Gasteiger partial charge >= 0.3 is 0 Å². The van der Waals surface area contributed by atoms with Crippen molar-refractivity contribution in [1.82, 2.24) is 0 Å². The molecular formula is C16H11FO2. The highest BCUT2D eigenvalue weighted by atomic mass is 19.1. The second-order valence-electron chi connectivity index (χ2n) is 4.48. The van der Waals surface area contributed by atoms with E-state index in [2.05, 4.69) is 0 Å². The first-order chi connectivity index (χ1) is 9.13. The van der Waals surface area contributed by atoms with Crippen LogP contribution < -0.4 is 5.43 Å². The Labute approximate surface area is 109 Å². The summed E-state index contributed by atoms with van der Waals surface area (Å²) in [5.41, 5.74) is 2.02. The molecule has 0 N–H and O–H groups in total. The van der Waals surface area contributed by atoms with E-state index in [9.17, 15) is 9.18 Å². The third-order valence-corrected chi connectivity index (χ3v) is 3.03. The molecule has 0 saturated carbocycles. The molecule has 0 aliphatic heterocycles. The quantitative estimate of drug-likeness (QED) is 0.659. The molecule has 3 heteroatoms. The Hall–Kier alpha value is -2.42. The average Bonchev–Trinajstić information content (AvgIpc) is 2.38. The number of hydrogen-bond acceptors (Lipinski definition) is 2. The van der Waals surface area contributed by atoms with Gasteiger partial charge in [0.15, 0.2) is 5.43 Å². The van der Waals surface area contributed by atoms with Gasteiger partial charge in [0.2, 0.25) is 0 Å². The molecule has 0 aliphatic carbocycles. The number of halogens is 1. The molecule has 1 heterocycles. The molecule has 2 nitrogen and oxygen atoms in total. The fraction of sp³-hybridized carbons (Fsp3) is 0.0625. The van der Waals surface area contributed by atoms with Gasteiger partial charge in [0.1, 0.15) is 17.2 Å². The zero-order valence-electron chi connectivity index (χ0n) is 10.3. The SMILES string of the molecule is Cc1ccc(-c2cc(=O)c3ccc(F)cc3o2)cc1. The molecule has 0 radical (unpaired) electrons. The van der Waals surface area contributed by atoms with Gasteiger partial charge in [-0.2, -0.15) is 0 Å². The van der Waals surface area contributed by atoms with Crippen LogP contribution in [0.5, 0.6) is 0 Å². The molecule has 0 fully saturated rings. The van der Waals surface area contributed by atoms with E-state index in [4.69, 9.17) is 4.42 Å². The molecule has 0 aliphatic rings. The van der Waals surface area contributed by atoms with Crippen LogP contribution in [0.2, 0.25) is 0 Å². The molecule has 1 aromatic heterocycles. The Morgan fingerprint density at radius 2 is 1.74 bits per heavy atom. The normalized spacial score (nSPS) is 10.8. The highest BCUT2D eigenvalue weighted by Gasteiger charge is 2.07. The van der Waals surface area contributed by atoms with Crippen LogP contribution in [0.15, 0.2) is 57.7 Å². The van der Waals surface area contributed by atoms with Gasteiger partial charge in [-0.25, -0.2) is 4.39 Å². The lowest BCUT2D eigenvalue weighted by Gasteiger charge is -2.03. The third-order valence-electron chi connectivity index (χ3n) is 3.03. The third kappa shape index (κ3) is 2.15. The van der Waals surface area contributed by atoms with Gasteiger partial charge in [-0.1, -0.05) is 29.8 Å². The molecule has 0 atom stereocenters. The van der Waals surface area contributed by atoms with Gasteiger partial charge in [0.25, 0.3) is 0 Å². The van der Waals surface area contributed by atoms with Crippen molar-refractivity contribution in [2.75, 3.05) is 0 Å². The second-order valence-corrected chi connectivity index (χ2v) is 4.48. The van der Waals surface area contributed by atoms with E-state index in [1.54, 1.807) is 0 Å². The van der Waals surface area contributed by atoms with Gasteiger partial charge < -0.3 is 4.42 Å². The molecule has 3 rings (SSSR count). The van der Waals surface area contributed by atoms with Gasteiger partial charge in [-0.05, 0) is 19.1 Å². The van der Waals surface area contributed by atoms with Crippen molar-refractivity contribution in [2.45, 2.75) is 6.92 Å². The number of rotatable bonds is 1. The summed E-state index contributed by atoms with van der Waals surface area (Å²) < 4.78 is 18.8. The largest absolute Gasteiger partial charge is 0.456 e. The van der Waals surface area contributed by atoms with E-state index in [1.165, 1.54) is 24.3 Å². The minimum Gasteiger partial charge on any atom is -0.456 e. The van der Waals surface area contributed by atoms with Crippen molar-refractivity contribution in [3.63, 3.8) is 0 Å². The van der Waals surface area contributed by atoms with E-state index in [0.717, 1.165) is 11.1 Å². The first-order valence-electron chi connectivity index (χ1n) is 5.94. The van der Waals surface area contributed by atoms with E-state index < -0.39 is 5.82 Å². The second kappa shape index (κ2) is 4.35. The van der Waals surface area contributed by atoms with E-state index in [-0.39, 0.29) is 11.0 Å². The number of benzene rings is 2. The van der Waals surface area contributed by atoms with Gasteiger partial charge in [-0.15, -0.1) is 0 Å². The monoisotopic (exact) mass is 254 g/mol. The van der Waals surface area contributed by atoms with E-state index in [1.807, 2.05) is 31.2 Å². The summed E-state index contributed by atoms with van der Waals surface area (Å²) in [5, 5.41) is 0.386. The molecule has 0 amide bonds.